The van der Waals surface area contributed by atoms with Crippen LogP contribution in [0.4, 0.5) is 0 Å². The molecule has 182 valence electrons. The van der Waals surface area contributed by atoms with Crippen molar-refractivity contribution in [3.8, 4) is 0 Å². The molecule has 5 nitrogen and oxygen atoms in total. The van der Waals surface area contributed by atoms with Crippen LogP contribution in [-0.2, 0) is 22.7 Å². The number of carbonyl (C=O) groups is 2. The molecule has 0 aliphatic carbocycles. The number of halogens is 1. The molecule has 0 unspecified atom stereocenters. The lowest BCUT2D eigenvalue weighted by atomic mass is 10.2. The Kier molecular flexibility index (Phi) is 12.3. The number of rotatable bonds is 15. The van der Waals surface area contributed by atoms with Gasteiger partial charge in [0.1, 0.15) is 0 Å². The van der Waals surface area contributed by atoms with Gasteiger partial charge < -0.3 is 14.4 Å². The van der Waals surface area contributed by atoms with Crippen molar-refractivity contribution in [2.75, 3.05) is 19.6 Å². The van der Waals surface area contributed by atoms with Gasteiger partial charge in [-0.3, -0.25) is 9.59 Å². The Hall–Kier alpha value is -2.08. The summed E-state index contributed by atoms with van der Waals surface area (Å²) in [6, 6.07) is 12.5. The molecular weight excluding hydrogens is 478 g/mol. The monoisotopic (exact) mass is 517 g/mol. The lowest BCUT2D eigenvalue weighted by Crippen LogP contribution is -2.43. The van der Waals surface area contributed by atoms with Crippen LogP contribution in [0.5, 0.6) is 0 Å². The second-order valence-electron chi connectivity index (χ2n) is 8.70. The number of benzene rings is 1. The SMILES string of the molecule is CCCCCC(=O)N(CCC)CC(=O)N(CCCC)Cc1cccn1Cc1ccc(Br)cc1. The molecule has 1 aromatic heterocycles. The number of nitrogens with zero attached hydrogens (tertiary/aromatic N) is 3. The van der Waals surface area contributed by atoms with Gasteiger partial charge in [0.15, 0.2) is 0 Å². The molecule has 0 fully saturated rings. The van der Waals surface area contributed by atoms with Gasteiger partial charge in [0.05, 0.1) is 13.1 Å². The molecular formula is C27H40BrN3O2. The second kappa shape index (κ2) is 14.9. The Bertz CT molecular complexity index is 847. The van der Waals surface area contributed by atoms with E-state index in [2.05, 4.69) is 77.8 Å². The lowest BCUT2D eigenvalue weighted by molar-refractivity contribution is -0.141. The number of hydrogen-bond donors (Lipinski definition) is 0. The minimum Gasteiger partial charge on any atom is -0.345 e. The highest BCUT2D eigenvalue weighted by Gasteiger charge is 2.21. The van der Waals surface area contributed by atoms with Crippen LogP contribution in [0.1, 0.15) is 77.0 Å². The maximum Gasteiger partial charge on any atom is 0.242 e. The van der Waals surface area contributed by atoms with E-state index >= 15 is 0 Å². The molecule has 0 saturated carbocycles. The zero-order chi connectivity index (χ0) is 24.1. The molecule has 33 heavy (non-hydrogen) atoms. The summed E-state index contributed by atoms with van der Waals surface area (Å²) in [4.78, 5) is 29.7. The van der Waals surface area contributed by atoms with E-state index < -0.39 is 0 Å². The summed E-state index contributed by atoms with van der Waals surface area (Å²) >= 11 is 3.49. The molecule has 0 saturated heterocycles. The van der Waals surface area contributed by atoms with E-state index in [0.717, 1.165) is 55.2 Å². The summed E-state index contributed by atoms with van der Waals surface area (Å²) in [7, 11) is 0. The Morgan fingerprint density at radius 2 is 1.58 bits per heavy atom. The molecule has 0 N–H and O–H groups in total. The highest BCUT2D eigenvalue weighted by Crippen LogP contribution is 2.15. The summed E-state index contributed by atoms with van der Waals surface area (Å²) in [6.45, 7) is 9.18. The summed E-state index contributed by atoms with van der Waals surface area (Å²) in [6.07, 6.45) is 8.48. The summed E-state index contributed by atoms with van der Waals surface area (Å²) in [5.74, 6) is 0.143. The third-order valence-electron chi connectivity index (χ3n) is 5.84. The molecule has 1 aromatic carbocycles. The Morgan fingerprint density at radius 1 is 0.848 bits per heavy atom. The van der Waals surface area contributed by atoms with Gasteiger partial charge in [0.25, 0.3) is 0 Å². The van der Waals surface area contributed by atoms with Crippen LogP contribution >= 0.6 is 15.9 Å². The highest BCUT2D eigenvalue weighted by atomic mass is 79.9. The molecule has 2 aromatic rings. The van der Waals surface area contributed by atoms with Gasteiger partial charge in [-0.05, 0) is 49.1 Å². The minimum absolute atomic E-state index is 0.0390. The van der Waals surface area contributed by atoms with E-state index in [1.54, 1.807) is 4.90 Å². The Morgan fingerprint density at radius 3 is 2.24 bits per heavy atom. The van der Waals surface area contributed by atoms with Crippen molar-refractivity contribution in [3.63, 3.8) is 0 Å². The molecule has 0 atom stereocenters. The van der Waals surface area contributed by atoms with Crippen molar-refractivity contribution in [3.05, 3.63) is 58.3 Å². The van der Waals surface area contributed by atoms with Crippen molar-refractivity contribution in [2.24, 2.45) is 0 Å². The first-order chi connectivity index (χ1) is 16.0. The maximum absolute atomic E-state index is 13.3. The smallest absolute Gasteiger partial charge is 0.242 e. The van der Waals surface area contributed by atoms with Gasteiger partial charge in [-0.2, -0.15) is 0 Å². The van der Waals surface area contributed by atoms with E-state index in [4.69, 9.17) is 0 Å². The summed E-state index contributed by atoms with van der Waals surface area (Å²) in [5.41, 5.74) is 2.33. The van der Waals surface area contributed by atoms with Crippen LogP contribution in [0.2, 0.25) is 0 Å². The van der Waals surface area contributed by atoms with Crippen molar-refractivity contribution >= 4 is 27.7 Å². The molecule has 0 spiro atoms. The van der Waals surface area contributed by atoms with Crippen LogP contribution < -0.4 is 0 Å². The number of aromatic nitrogens is 1. The molecule has 0 bridgehead atoms. The van der Waals surface area contributed by atoms with Gasteiger partial charge in [-0.1, -0.05) is 68.1 Å². The average Bonchev–Trinajstić information content (AvgIpc) is 3.24. The van der Waals surface area contributed by atoms with E-state index in [1.165, 1.54) is 5.56 Å². The van der Waals surface area contributed by atoms with Crippen LogP contribution in [-0.4, -0.2) is 45.8 Å². The fourth-order valence-corrected chi connectivity index (χ4v) is 4.14. The average molecular weight is 519 g/mol. The van der Waals surface area contributed by atoms with E-state index in [-0.39, 0.29) is 18.4 Å². The van der Waals surface area contributed by atoms with Gasteiger partial charge in [0.2, 0.25) is 11.8 Å². The maximum atomic E-state index is 13.3. The standard InChI is InChI=1S/C27H40BrN3O2/c1-4-7-9-12-26(32)30(17-6-3)22-27(33)31(18-8-5-2)21-25-11-10-19-29(25)20-23-13-15-24(28)16-14-23/h10-11,13-16,19H,4-9,12,17-18,20-22H2,1-3H3. The molecule has 2 amide bonds. The molecule has 2 rings (SSSR count). The fraction of sp³-hybridized carbons (Fsp3) is 0.556. The number of unbranched alkanes of at least 4 members (excludes halogenated alkanes) is 3. The van der Waals surface area contributed by atoms with Crippen molar-refractivity contribution in [1.82, 2.24) is 14.4 Å². The zero-order valence-corrected chi connectivity index (χ0v) is 22.1. The topological polar surface area (TPSA) is 45.6 Å². The lowest BCUT2D eigenvalue weighted by Gasteiger charge is -2.28. The van der Waals surface area contributed by atoms with E-state index in [0.29, 0.717) is 26.1 Å². The van der Waals surface area contributed by atoms with Crippen molar-refractivity contribution in [1.29, 1.82) is 0 Å². The third-order valence-corrected chi connectivity index (χ3v) is 6.37. The number of amides is 2. The first kappa shape index (κ1) is 27.2. The first-order valence-electron chi connectivity index (χ1n) is 12.4. The fourth-order valence-electron chi connectivity index (χ4n) is 3.88. The molecule has 0 aliphatic heterocycles. The number of hydrogen-bond acceptors (Lipinski definition) is 2. The van der Waals surface area contributed by atoms with Crippen LogP contribution in [0.3, 0.4) is 0 Å². The van der Waals surface area contributed by atoms with Gasteiger partial charge in [-0.25, -0.2) is 0 Å². The van der Waals surface area contributed by atoms with Crippen LogP contribution in [0, 0.1) is 0 Å². The van der Waals surface area contributed by atoms with E-state index in [1.807, 2.05) is 11.0 Å². The molecule has 1 heterocycles. The predicted octanol–water partition coefficient (Wildman–Crippen LogP) is 6.25. The van der Waals surface area contributed by atoms with Crippen LogP contribution in [0.25, 0.3) is 0 Å². The van der Waals surface area contributed by atoms with Gasteiger partial charge in [0, 0.05) is 42.4 Å². The summed E-state index contributed by atoms with van der Waals surface area (Å²) in [5, 5.41) is 0. The quantitative estimate of drug-likeness (QED) is 0.262. The Balaban J connectivity index is 2.08. The molecule has 0 aliphatic rings. The van der Waals surface area contributed by atoms with E-state index in [9.17, 15) is 9.59 Å². The largest absolute Gasteiger partial charge is 0.345 e. The first-order valence-corrected chi connectivity index (χ1v) is 13.2. The third kappa shape index (κ3) is 9.36. The highest BCUT2D eigenvalue weighted by molar-refractivity contribution is 9.10. The second-order valence-corrected chi connectivity index (χ2v) is 9.61. The van der Waals surface area contributed by atoms with Crippen molar-refractivity contribution < 1.29 is 9.59 Å². The van der Waals surface area contributed by atoms with Gasteiger partial charge in [-0.15, -0.1) is 0 Å². The van der Waals surface area contributed by atoms with Crippen molar-refractivity contribution in [2.45, 2.75) is 78.8 Å². The Labute approximate surface area is 208 Å². The number of carbonyl (C=O) groups excluding carboxylic acids is 2. The van der Waals surface area contributed by atoms with Gasteiger partial charge >= 0.3 is 0 Å². The van der Waals surface area contributed by atoms with Crippen LogP contribution in [0.15, 0.2) is 47.1 Å². The normalized spacial score (nSPS) is 10.9. The minimum atomic E-state index is 0.0390. The molecule has 6 heteroatoms. The zero-order valence-electron chi connectivity index (χ0n) is 20.6. The summed E-state index contributed by atoms with van der Waals surface area (Å²) < 4.78 is 3.27. The molecule has 0 radical (unpaired) electrons. The predicted molar refractivity (Wildman–Crippen MR) is 139 cm³/mol.